The minimum Gasteiger partial charge on any atom is -0.483 e. The Morgan fingerprint density at radius 1 is 1.30 bits per heavy atom. The summed E-state index contributed by atoms with van der Waals surface area (Å²) in [6, 6.07) is 0. The molecule has 0 spiro atoms. The molecule has 0 radical (unpaired) electrons. The van der Waals surface area contributed by atoms with Crippen LogP contribution in [-0.4, -0.2) is 41.1 Å². The molecule has 0 aromatic rings. The molecule has 1 N–H and O–H groups in total. The number of fused-ring (bicyclic) bond motifs is 1. The fourth-order valence-electron chi connectivity index (χ4n) is 4.87. The standard InChI is InChI=1S/C18H22O5/c1-17(2)8-10(19)12-14(20)11-9-4-6-18(22-3,7-5-9)13(11)15(21)16(12)23-17/h4,6,9-11,13,19H,5,7-8H2,1-3H3/t9-,10?,11?,13?,18-/m1/s1. The highest BCUT2D eigenvalue weighted by molar-refractivity contribution is 6.14. The van der Waals surface area contributed by atoms with E-state index in [2.05, 4.69) is 0 Å². The lowest BCUT2D eigenvalue weighted by Crippen LogP contribution is -2.61. The van der Waals surface area contributed by atoms with Gasteiger partial charge in [0.05, 0.1) is 23.2 Å². The SMILES string of the molecule is CO[C@]12C=C[C@H](CC1)C1C(=O)C3=C(OC(C)(C)CC3O)C(=O)C12. The molecule has 0 saturated heterocycles. The Bertz CT molecular complexity index is 658. The summed E-state index contributed by atoms with van der Waals surface area (Å²) in [5, 5.41) is 10.4. The van der Waals surface area contributed by atoms with Crippen molar-refractivity contribution in [1.82, 2.24) is 0 Å². The van der Waals surface area contributed by atoms with Crippen molar-refractivity contribution in [3.63, 3.8) is 0 Å². The molecule has 5 rings (SSSR count). The summed E-state index contributed by atoms with van der Waals surface area (Å²) in [5.74, 6) is -1.18. The van der Waals surface area contributed by atoms with Crippen LogP contribution in [-0.2, 0) is 19.1 Å². The minimum atomic E-state index is -0.936. The number of rotatable bonds is 1. The van der Waals surface area contributed by atoms with Gasteiger partial charge in [0, 0.05) is 19.4 Å². The first-order valence-electron chi connectivity index (χ1n) is 8.24. The molecule has 1 aliphatic heterocycles. The molecule has 1 heterocycles. The number of methoxy groups -OCH3 is 1. The lowest BCUT2D eigenvalue weighted by Gasteiger charge is -2.53. The van der Waals surface area contributed by atoms with Crippen LogP contribution in [0.1, 0.15) is 33.1 Å². The summed E-state index contributed by atoms with van der Waals surface area (Å²) in [6.07, 6.45) is 4.90. The Kier molecular flexibility index (Phi) is 2.98. The van der Waals surface area contributed by atoms with Crippen LogP contribution in [0.15, 0.2) is 23.5 Å². The Balaban J connectivity index is 1.87. The quantitative estimate of drug-likeness (QED) is 0.743. The number of carbonyl (C=O) groups excluding carboxylic acids is 2. The van der Waals surface area contributed by atoms with E-state index >= 15 is 0 Å². The number of Topliss-reactive ketones (excluding diaryl/α,β-unsaturated/α-hetero) is 2. The molecule has 1 fully saturated rings. The maximum Gasteiger partial charge on any atom is 0.204 e. The van der Waals surface area contributed by atoms with Gasteiger partial charge in [-0.25, -0.2) is 0 Å². The van der Waals surface area contributed by atoms with Gasteiger partial charge < -0.3 is 14.6 Å². The van der Waals surface area contributed by atoms with E-state index in [0.717, 1.165) is 12.8 Å². The molecule has 0 aromatic carbocycles. The van der Waals surface area contributed by atoms with E-state index in [0.29, 0.717) is 6.42 Å². The van der Waals surface area contributed by atoms with Gasteiger partial charge in [0.2, 0.25) is 5.78 Å². The third kappa shape index (κ3) is 1.86. The lowest BCUT2D eigenvalue weighted by atomic mass is 9.54. The molecular weight excluding hydrogens is 296 g/mol. The van der Waals surface area contributed by atoms with Gasteiger partial charge in [0.1, 0.15) is 5.60 Å². The van der Waals surface area contributed by atoms with E-state index in [-0.39, 0.29) is 28.8 Å². The fraction of sp³-hybridized carbons (Fsp3) is 0.667. The van der Waals surface area contributed by atoms with E-state index in [4.69, 9.17) is 9.47 Å². The van der Waals surface area contributed by atoms with Crippen molar-refractivity contribution in [2.75, 3.05) is 7.11 Å². The number of ether oxygens (including phenoxy) is 2. The second-order valence-corrected chi connectivity index (χ2v) is 7.78. The van der Waals surface area contributed by atoms with E-state index in [1.807, 2.05) is 26.0 Å². The fourth-order valence-corrected chi connectivity index (χ4v) is 4.87. The Morgan fingerprint density at radius 3 is 2.65 bits per heavy atom. The first-order valence-corrected chi connectivity index (χ1v) is 8.24. The first-order chi connectivity index (χ1) is 10.8. The molecular formula is C18H22O5. The van der Waals surface area contributed by atoms with Crippen molar-refractivity contribution in [2.24, 2.45) is 17.8 Å². The van der Waals surface area contributed by atoms with Crippen LogP contribution in [0.2, 0.25) is 0 Å². The zero-order valence-electron chi connectivity index (χ0n) is 13.7. The average molecular weight is 318 g/mol. The second kappa shape index (κ2) is 4.54. The summed E-state index contributed by atoms with van der Waals surface area (Å²) < 4.78 is 11.6. The summed E-state index contributed by atoms with van der Waals surface area (Å²) in [4.78, 5) is 26.2. The normalized spacial score (nSPS) is 44.0. The highest BCUT2D eigenvalue weighted by Gasteiger charge is 2.62. The Morgan fingerprint density at radius 2 is 2.04 bits per heavy atom. The molecule has 1 saturated carbocycles. The predicted octanol–water partition coefficient (Wildman–Crippen LogP) is 1.55. The second-order valence-electron chi connectivity index (χ2n) is 7.78. The van der Waals surface area contributed by atoms with E-state index < -0.39 is 29.1 Å². The van der Waals surface area contributed by atoms with Gasteiger partial charge in [-0.15, -0.1) is 0 Å². The summed E-state index contributed by atoms with van der Waals surface area (Å²) in [6.45, 7) is 3.64. The predicted molar refractivity (Wildman–Crippen MR) is 81.4 cm³/mol. The topological polar surface area (TPSA) is 72.8 Å². The first kappa shape index (κ1) is 15.1. The van der Waals surface area contributed by atoms with Crippen LogP contribution in [0.4, 0.5) is 0 Å². The van der Waals surface area contributed by atoms with Crippen LogP contribution in [0, 0.1) is 17.8 Å². The number of carbonyl (C=O) groups is 2. The average Bonchev–Trinajstić information content (AvgIpc) is 2.51. The maximum absolute atomic E-state index is 13.2. The van der Waals surface area contributed by atoms with Crippen molar-refractivity contribution in [1.29, 1.82) is 0 Å². The van der Waals surface area contributed by atoms with Gasteiger partial charge in [-0.05, 0) is 32.6 Å². The van der Waals surface area contributed by atoms with Gasteiger partial charge in [-0.1, -0.05) is 12.2 Å². The third-order valence-electron chi connectivity index (χ3n) is 5.94. The van der Waals surface area contributed by atoms with Gasteiger partial charge in [-0.3, -0.25) is 9.59 Å². The van der Waals surface area contributed by atoms with Gasteiger partial charge >= 0.3 is 0 Å². The molecule has 5 nitrogen and oxygen atoms in total. The van der Waals surface area contributed by atoms with Crippen LogP contribution < -0.4 is 0 Å². The van der Waals surface area contributed by atoms with Crippen LogP contribution in [0.3, 0.4) is 0 Å². The van der Waals surface area contributed by atoms with Crippen molar-refractivity contribution in [3.8, 4) is 0 Å². The van der Waals surface area contributed by atoms with E-state index in [9.17, 15) is 14.7 Å². The van der Waals surface area contributed by atoms with Crippen molar-refractivity contribution < 1.29 is 24.2 Å². The Hall–Kier alpha value is -1.46. The number of allylic oxidation sites excluding steroid dienone is 2. The summed E-state index contributed by atoms with van der Waals surface area (Å²) in [5.41, 5.74) is -1.20. The smallest absolute Gasteiger partial charge is 0.204 e. The number of hydrogen-bond donors (Lipinski definition) is 1. The molecule has 4 aliphatic carbocycles. The molecule has 2 bridgehead atoms. The minimum absolute atomic E-state index is 0.0460. The zero-order valence-corrected chi connectivity index (χ0v) is 13.7. The highest BCUT2D eigenvalue weighted by atomic mass is 16.5. The molecule has 23 heavy (non-hydrogen) atoms. The number of ketones is 2. The van der Waals surface area contributed by atoms with Gasteiger partial charge in [0.25, 0.3) is 0 Å². The molecule has 3 unspecified atom stereocenters. The monoisotopic (exact) mass is 318 g/mol. The number of hydrogen-bond acceptors (Lipinski definition) is 5. The highest BCUT2D eigenvalue weighted by Crippen LogP contribution is 2.54. The molecule has 124 valence electrons. The van der Waals surface area contributed by atoms with Gasteiger partial charge in [-0.2, -0.15) is 0 Å². The van der Waals surface area contributed by atoms with Crippen LogP contribution in [0.25, 0.3) is 0 Å². The van der Waals surface area contributed by atoms with E-state index in [1.165, 1.54) is 0 Å². The van der Waals surface area contributed by atoms with Crippen molar-refractivity contribution >= 4 is 11.6 Å². The maximum atomic E-state index is 13.2. The number of aliphatic hydroxyl groups is 1. The number of aliphatic hydroxyl groups excluding tert-OH is 1. The van der Waals surface area contributed by atoms with Crippen molar-refractivity contribution in [3.05, 3.63) is 23.5 Å². The van der Waals surface area contributed by atoms with Crippen molar-refractivity contribution in [2.45, 2.75) is 50.4 Å². The molecule has 5 atom stereocenters. The molecule has 0 amide bonds. The third-order valence-corrected chi connectivity index (χ3v) is 5.94. The summed E-state index contributed by atoms with van der Waals surface area (Å²) >= 11 is 0. The van der Waals surface area contributed by atoms with E-state index in [1.54, 1.807) is 7.11 Å². The molecule has 0 aromatic heterocycles. The van der Waals surface area contributed by atoms with Gasteiger partial charge in [0.15, 0.2) is 11.5 Å². The molecule has 5 heteroatoms. The Labute approximate surface area is 135 Å². The lowest BCUT2D eigenvalue weighted by molar-refractivity contribution is -0.161. The van der Waals surface area contributed by atoms with Crippen LogP contribution in [0.5, 0.6) is 0 Å². The van der Waals surface area contributed by atoms with Crippen LogP contribution >= 0.6 is 0 Å². The molecule has 5 aliphatic rings. The largest absolute Gasteiger partial charge is 0.483 e. The summed E-state index contributed by atoms with van der Waals surface area (Å²) in [7, 11) is 1.59. The zero-order chi connectivity index (χ0) is 16.6.